The number of ether oxygens (including phenoxy) is 2. The maximum Gasteiger partial charge on any atom is 0.409 e. The van der Waals surface area contributed by atoms with E-state index in [-0.39, 0.29) is 48.0 Å². The number of benzene rings is 1. The topological polar surface area (TPSA) is 155 Å². The van der Waals surface area contributed by atoms with Crippen LogP contribution < -0.4 is 15.4 Å². The lowest BCUT2D eigenvalue weighted by molar-refractivity contribution is -0.140. The Hall–Kier alpha value is -4.62. The number of unbranched alkanes of at least 4 members (excludes halogenated alkanes) is 1. The molecule has 254 valence electrons. The van der Waals surface area contributed by atoms with Gasteiger partial charge in [0, 0.05) is 44.8 Å². The average Bonchev–Trinajstić information content (AvgIpc) is 3.74. The van der Waals surface area contributed by atoms with Gasteiger partial charge in [0.1, 0.15) is 12.1 Å². The molecule has 0 unspecified atom stereocenters. The summed E-state index contributed by atoms with van der Waals surface area (Å²) >= 11 is 0. The van der Waals surface area contributed by atoms with E-state index in [1.54, 1.807) is 33.8 Å². The fourth-order valence-electron chi connectivity index (χ4n) is 5.85. The molecule has 5 amide bonds. The zero-order chi connectivity index (χ0) is 33.3. The first kappa shape index (κ1) is 33.7. The van der Waals surface area contributed by atoms with Crippen LogP contribution in [0.25, 0.3) is 5.69 Å². The number of para-hydroxylation sites is 1. The van der Waals surface area contributed by atoms with Crippen LogP contribution in [-0.2, 0) is 19.1 Å². The third-order valence-electron chi connectivity index (χ3n) is 8.87. The van der Waals surface area contributed by atoms with Gasteiger partial charge in [0.05, 0.1) is 12.3 Å². The molecule has 2 atom stereocenters. The summed E-state index contributed by atoms with van der Waals surface area (Å²) in [6.45, 7) is 5.49. The molecule has 2 aliphatic heterocycles. The Kier molecular flexibility index (Phi) is 11.3. The van der Waals surface area contributed by atoms with E-state index in [1.807, 2.05) is 25.1 Å². The van der Waals surface area contributed by atoms with Gasteiger partial charge in [-0.3, -0.25) is 19.2 Å². The summed E-state index contributed by atoms with van der Waals surface area (Å²) in [6, 6.07) is 9.29. The van der Waals surface area contributed by atoms with Gasteiger partial charge in [0.2, 0.25) is 17.7 Å². The summed E-state index contributed by atoms with van der Waals surface area (Å²) in [5.41, 5.74) is 0.623. The van der Waals surface area contributed by atoms with Crippen molar-refractivity contribution >= 4 is 29.7 Å². The molecule has 0 bridgehead atoms. The van der Waals surface area contributed by atoms with Crippen molar-refractivity contribution in [2.24, 2.45) is 0 Å². The van der Waals surface area contributed by atoms with Crippen LogP contribution in [0.1, 0.15) is 69.3 Å². The highest BCUT2D eigenvalue weighted by Crippen LogP contribution is 2.23. The third kappa shape index (κ3) is 8.40. The Morgan fingerprint density at radius 1 is 0.957 bits per heavy atom. The predicted molar refractivity (Wildman–Crippen MR) is 171 cm³/mol. The Morgan fingerprint density at radius 3 is 2.36 bits per heavy atom. The van der Waals surface area contributed by atoms with Crippen LogP contribution in [0.15, 0.2) is 36.4 Å². The minimum absolute atomic E-state index is 0.00882. The number of nitrogens with zero attached hydrogens (tertiary/aromatic N) is 5. The fourth-order valence-corrected chi connectivity index (χ4v) is 5.85. The van der Waals surface area contributed by atoms with Crippen LogP contribution in [-0.4, -0.2) is 118 Å². The van der Waals surface area contributed by atoms with Crippen LogP contribution in [0.5, 0.6) is 5.88 Å². The Morgan fingerprint density at radius 2 is 1.68 bits per heavy atom. The first-order valence-electron chi connectivity index (χ1n) is 16.6. The van der Waals surface area contributed by atoms with E-state index in [0.29, 0.717) is 51.4 Å². The predicted octanol–water partition coefficient (Wildman–Crippen LogP) is 2.11. The molecule has 14 heteroatoms. The highest BCUT2D eigenvalue weighted by atomic mass is 16.6. The minimum atomic E-state index is -0.850. The number of hydrogen-bond acceptors (Lipinski definition) is 8. The first-order valence-corrected chi connectivity index (χ1v) is 16.6. The van der Waals surface area contributed by atoms with Crippen LogP contribution in [0.3, 0.4) is 0 Å². The number of amides is 5. The molecule has 47 heavy (non-hydrogen) atoms. The number of carbonyl (C=O) groups is 5. The van der Waals surface area contributed by atoms with Gasteiger partial charge >= 0.3 is 6.09 Å². The molecule has 3 heterocycles. The maximum atomic E-state index is 13.3. The number of carbonyl (C=O) groups excluding carboxylic acids is 5. The van der Waals surface area contributed by atoms with Crippen molar-refractivity contribution in [3.05, 3.63) is 42.1 Å². The number of piperazine rings is 1. The van der Waals surface area contributed by atoms with Gasteiger partial charge in [0.15, 0.2) is 12.3 Å². The second kappa shape index (κ2) is 15.8. The monoisotopic (exact) mass is 651 g/mol. The number of likely N-dealkylation sites (tertiary alicyclic amines) is 1. The summed E-state index contributed by atoms with van der Waals surface area (Å²) in [5, 5.41) is 10.2. The van der Waals surface area contributed by atoms with Crippen molar-refractivity contribution in [1.29, 1.82) is 0 Å². The molecule has 3 fully saturated rings. The molecule has 1 saturated carbocycles. The van der Waals surface area contributed by atoms with Crippen molar-refractivity contribution < 1.29 is 33.4 Å². The van der Waals surface area contributed by atoms with E-state index >= 15 is 0 Å². The molecular weight excluding hydrogens is 606 g/mol. The van der Waals surface area contributed by atoms with Gasteiger partial charge in [-0.1, -0.05) is 31.5 Å². The molecule has 1 aromatic carbocycles. The molecule has 2 aromatic rings. The third-order valence-corrected chi connectivity index (χ3v) is 8.87. The number of rotatable bonds is 12. The van der Waals surface area contributed by atoms with E-state index in [9.17, 15) is 24.0 Å². The van der Waals surface area contributed by atoms with Crippen molar-refractivity contribution in [3.63, 3.8) is 0 Å². The Labute approximate surface area is 274 Å². The van der Waals surface area contributed by atoms with Gasteiger partial charge in [0.25, 0.3) is 11.8 Å². The Balaban J connectivity index is 1.18. The first-order chi connectivity index (χ1) is 22.7. The van der Waals surface area contributed by atoms with E-state index in [4.69, 9.17) is 9.47 Å². The molecule has 1 aliphatic carbocycles. The molecule has 1 aromatic heterocycles. The Bertz CT molecular complexity index is 1420. The molecule has 2 saturated heterocycles. The van der Waals surface area contributed by atoms with Gasteiger partial charge in [-0.25, -0.2) is 9.48 Å². The number of hydrogen-bond donors (Lipinski definition) is 2. The van der Waals surface area contributed by atoms with Crippen molar-refractivity contribution in [2.45, 2.75) is 76.9 Å². The van der Waals surface area contributed by atoms with Crippen LogP contribution in [0.4, 0.5) is 4.79 Å². The lowest BCUT2D eigenvalue weighted by Crippen LogP contribution is -2.55. The summed E-state index contributed by atoms with van der Waals surface area (Å²) in [6.07, 6.45) is 5.73. The normalized spacial score (nSPS) is 18.7. The standard InChI is InChI=1S/C33H45N7O7/c1-3-4-20-46-33(45)38-18-16-37(17-19-38)32(44)23(2)34-30(42)26-21-29(40(36-26)25-12-6-5-7-13-25)47-22-28(41)39-15-9-14-27(39)31(43)35-24-10-8-11-24/h5-7,12-13,21,23-24,27H,3-4,8-11,14-20,22H2,1-2H3,(H,34,42)(H,35,43)/t23-,27-/m0/s1. The van der Waals surface area contributed by atoms with Crippen LogP contribution in [0, 0.1) is 0 Å². The van der Waals surface area contributed by atoms with E-state index < -0.39 is 18.0 Å². The van der Waals surface area contributed by atoms with Crippen molar-refractivity contribution in [2.75, 3.05) is 45.9 Å². The highest BCUT2D eigenvalue weighted by molar-refractivity contribution is 5.96. The van der Waals surface area contributed by atoms with Crippen molar-refractivity contribution in [3.8, 4) is 11.6 Å². The number of aromatic nitrogens is 2. The fraction of sp³-hybridized carbons (Fsp3) is 0.576. The second-order valence-electron chi connectivity index (χ2n) is 12.3. The maximum absolute atomic E-state index is 13.3. The summed E-state index contributed by atoms with van der Waals surface area (Å²) in [7, 11) is 0. The van der Waals surface area contributed by atoms with Gasteiger partial charge in [-0.05, 0) is 57.6 Å². The van der Waals surface area contributed by atoms with Crippen LogP contribution >= 0.6 is 0 Å². The smallest absolute Gasteiger partial charge is 0.409 e. The largest absolute Gasteiger partial charge is 0.467 e. The second-order valence-corrected chi connectivity index (χ2v) is 12.3. The summed E-state index contributed by atoms with van der Waals surface area (Å²) in [4.78, 5) is 69.5. The molecule has 14 nitrogen and oxygen atoms in total. The molecule has 0 spiro atoms. The quantitative estimate of drug-likeness (QED) is 0.331. The minimum Gasteiger partial charge on any atom is -0.467 e. The van der Waals surface area contributed by atoms with Gasteiger partial charge in [-0.2, -0.15) is 5.10 Å². The number of nitrogens with one attached hydrogen (secondary N) is 2. The highest BCUT2D eigenvalue weighted by Gasteiger charge is 2.36. The summed E-state index contributed by atoms with van der Waals surface area (Å²) in [5.74, 6) is -1.13. The van der Waals surface area contributed by atoms with E-state index in [2.05, 4.69) is 15.7 Å². The van der Waals surface area contributed by atoms with E-state index in [0.717, 1.165) is 38.5 Å². The van der Waals surface area contributed by atoms with E-state index in [1.165, 1.54) is 10.7 Å². The molecule has 2 N–H and O–H groups in total. The zero-order valence-corrected chi connectivity index (χ0v) is 27.2. The lowest BCUT2D eigenvalue weighted by atomic mass is 9.93. The molecule has 0 radical (unpaired) electrons. The molecular formula is C33H45N7O7. The average molecular weight is 652 g/mol. The molecule has 3 aliphatic rings. The van der Waals surface area contributed by atoms with Crippen LogP contribution in [0.2, 0.25) is 0 Å². The lowest BCUT2D eigenvalue weighted by Gasteiger charge is -2.35. The SMILES string of the molecule is CCCCOC(=O)N1CCN(C(=O)[C@H](C)NC(=O)c2cc(OCC(=O)N3CCC[C@H]3C(=O)NC3CCC3)n(-c3ccccc3)n2)CC1. The van der Waals surface area contributed by atoms with Gasteiger partial charge in [-0.15, -0.1) is 0 Å². The van der Waals surface area contributed by atoms with Crippen molar-refractivity contribution in [1.82, 2.24) is 35.1 Å². The summed E-state index contributed by atoms with van der Waals surface area (Å²) < 4.78 is 12.6. The van der Waals surface area contributed by atoms with Gasteiger partial charge < -0.3 is 34.8 Å². The molecule has 5 rings (SSSR count). The zero-order valence-electron chi connectivity index (χ0n) is 27.2.